The van der Waals surface area contributed by atoms with Gasteiger partial charge < -0.3 is 15.0 Å². The highest BCUT2D eigenvalue weighted by Gasteiger charge is 2.64. The summed E-state index contributed by atoms with van der Waals surface area (Å²) in [4.78, 5) is 28.3. The monoisotopic (exact) mass is 384 g/mol. The van der Waals surface area contributed by atoms with E-state index in [9.17, 15) is 14.9 Å². The number of benzene rings is 2. The van der Waals surface area contributed by atoms with Crippen molar-refractivity contribution in [1.82, 2.24) is 4.90 Å². The molecule has 3 aliphatic rings. The van der Waals surface area contributed by atoms with E-state index >= 15 is 0 Å². The Kier molecular flexibility index (Phi) is 3.58. The number of hydrogen-bond acceptors (Lipinski definition) is 5. The molecule has 0 saturated carbocycles. The van der Waals surface area contributed by atoms with E-state index in [-0.39, 0.29) is 29.7 Å². The molecule has 0 bridgehead atoms. The van der Waals surface area contributed by atoms with E-state index in [2.05, 4.69) is 5.32 Å². The van der Waals surface area contributed by atoms with Crippen LogP contribution in [0.1, 0.15) is 11.1 Å². The molecule has 2 aromatic rings. The highest BCUT2D eigenvalue weighted by Crippen LogP contribution is 2.53. The maximum atomic E-state index is 13.5. The predicted octanol–water partition coefficient (Wildman–Crippen LogP) is 2.32. The van der Waals surface area contributed by atoms with Gasteiger partial charge in [0.1, 0.15) is 17.1 Å². The van der Waals surface area contributed by atoms with Crippen molar-refractivity contribution in [2.75, 3.05) is 11.9 Å². The van der Waals surface area contributed by atoms with Crippen LogP contribution in [-0.2, 0) is 26.3 Å². The van der Waals surface area contributed by atoms with Crippen LogP contribution in [0, 0.1) is 22.7 Å². The first-order valence-electron chi connectivity index (χ1n) is 9.21. The number of carbonyl (C=O) groups is 2. The van der Waals surface area contributed by atoms with Crippen molar-refractivity contribution in [2.24, 2.45) is 5.92 Å². The van der Waals surface area contributed by atoms with Gasteiger partial charge in [-0.2, -0.15) is 5.26 Å². The van der Waals surface area contributed by atoms with E-state index in [4.69, 9.17) is 10.1 Å². The molecule has 0 radical (unpaired) electrons. The average Bonchev–Trinajstić information content (AvgIpc) is 3.18. The molecule has 3 heterocycles. The lowest BCUT2D eigenvalue weighted by Crippen LogP contribution is -2.51. The van der Waals surface area contributed by atoms with Gasteiger partial charge in [0.2, 0.25) is 11.8 Å². The van der Waals surface area contributed by atoms with Crippen LogP contribution in [-0.4, -0.2) is 29.2 Å². The maximum Gasteiger partial charge on any atom is 0.255 e. The topological polar surface area (TPSA) is 106 Å². The molecule has 0 aliphatic carbocycles. The summed E-state index contributed by atoms with van der Waals surface area (Å²) in [6.07, 6.45) is 0. The Morgan fingerprint density at radius 3 is 2.66 bits per heavy atom. The Morgan fingerprint density at radius 2 is 1.90 bits per heavy atom. The minimum atomic E-state index is -1.57. The lowest BCUT2D eigenvalue weighted by molar-refractivity contribution is -0.129. The Bertz CT molecular complexity index is 1150. The molecule has 7 heteroatoms. The van der Waals surface area contributed by atoms with Crippen LogP contribution < -0.4 is 5.32 Å². The van der Waals surface area contributed by atoms with Crippen molar-refractivity contribution in [3.05, 3.63) is 77.1 Å². The summed E-state index contributed by atoms with van der Waals surface area (Å²) in [5, 5.41) is 20.9. The number of amides is 2. The van der Waals surface area contributed by atoms with Gasteiger partial charge in [-0.25, -0.2) is 0 Å². The molecular weight excluding hydrogens is 368 g/mol. The maximum absolute atomic E-state index is 13.5. The SMILES string of the molecule is N#CC1C(=N)OC2=C(C(=O)N(Cc3ccccc3)C2)C12C(=O)Nc1ccccc12. The van der Waals surface area contributed by atoms with Gasteiger partial charge in [-0.05, 0) is 17.2 Å². The van der Waals surface area contributed by atoms with E-state index in [0.717, 1.165) is 5.56 Å². The van der Waals surface area contributed by atoms with Crippen LogP contribution in [0.25, 0.3) is 0 Å². The summed E-state index contributed by atoms with van der Waals surface area (Å²) in [5.41, 5.74) is 0.621. The summed E-state index contributed by atoms with van der Waals surface area (Å²) >= 11 is 0. The fourth-order valence-corrected chi connectivity index (χ4v) is 4.51. The van der Waals surface area contributed by atoms with Gasteiger partial charge in [-0.15, -0.1) is 0 Å². The lowest BCUT2D eigenvalue weighted by atomic mass is 9.65. The third-order valence-electron chi connectivity index (χ3n) is 5.74. The molecule has 2 atom stereocenters. The molecule has 0 saturated heterocycles. The van der Waals surface area contributed by atoms with Crippen LogP contribution in [0.2, 0.25) is 0 Å². The van der Waals surface area contributed by atoms with Gasteiger partial charge >= 0.3 is 0 Å². The van der Waals surface area contributed by atoms with Gasteiger partial charge in [0, 0.05) is 12.2 Å². The van der Waals surface area contributed by atoms with Gasteiger partial charge in [-0.1, -0.05) is 48.5 Å². The van der Waals surface area contributed by atoms with Crippen molar-refractivity contribution in [3.8, 4) is 6.07 Å². The molecule has 7 nitrogen and oxygen atoms in total. The molecule has 5 rings (SSSR count). The summed E-state index contributed by atoms with van der Waals surface area (Å²) < 4.78 is 5.60. The van der Waals surface area contributed by atoms with Crippen molar-refractivity contribution in [2.45, 2.75) is 12.0 Å². The lowest BCUT2D eigenvalue weighted by Gasteiger charge is -2.36. The van der Waals surface area contributed by atoms with Gasteiger partial charge in [0.25, 0.3) is 5.91 Å². The molecular formula is C22H16N4O3. The first kappa shape index (κ1) is 17.2. The second kappa shape index (κ2) is 6.04. The number of rotatable bonds is 2. The Morgan fingerprint density at radius 1 is 1.17 bits per heavy atom. The number of nitrogens with zero attached hydrogens (tertiary/aromatic N) is 2. The number of fused-ring (bicyclic) bond motifs is 3. The van der Waals surface area contributed by atoms with Crippen LogP contribution >= 0.6 is 0 Å². The van der Waals surface area contributed by atoms with Gasteiger partial charge in [-0.3, -0.25) is 15.0 Å². The Balaban J connectivity index is 1.66. The number of ether oxygens (including phenoxy) is 1. The normalized spacial score (nSPS) is 24.9. The van der Waals surface area contributed by atoms with Crippen molar-refractivity contribution < 1.29 is 14.3 Å². The predicted molar refractivity (Wildman–Crippen MR) is 104 cm³/mol. The molecule has 29 heavy (non-hydrogen) atoms. The zero-order chi connectivity index (χ0) is 20.2. The number of nitrogens with one attached hydrogen (secondary N) is 2. The molecule has 3 aliphatic heterocycles. The highest BCUT2D eigenvalue weighted by molar-refractivity contribution is 6.19. The van der Waals surface area contributed by atoms with Crippen LogP contribution in [0.5, 0.6) is 0 Å². The molecule has 2 unspecified atom stereocenters. The van der Waals surface area contributed by atoms with E-state index in [1.807, 2.05) is 36.4 Å². The van der Waals surface area contributed by atoms with E-state index < -0.39 is 17.2 Å². The van der Waals surface area contributed by atoms with Crippen molar-refractivity contribution in [1.29, 1.82) is 10.7 Å². The Hall–Kier alpha value is -3.92. The van der Waals surface area contributed by atoms with Crippen LogP contribution in [0.3, 0.4) is 0 Å². The largest absolute Gasteiger partial charge is 0.444 e. The minimum absolute atomic E-state index is 0.154. The van der Waals surface area contributed by atoms with E-state index in [0.29, 0.717) is 17.8 Å². The van der Waals surface area contributed by atoms with Gasteiger partial charge in [0.05, 0.1) is 18.2 Å². The summed E-state index contributed by atoms with van der Waals surface area (Å²) in [6.45, 7) is 0.501. The standard InChI is InChI=1S/C22H16N4O3/c23-10-15-19(24)29-17-12-26(11-13-6-2-1-3-7-13)20(27)18(17)22(15)14-8-4-5-9-16(14)25-21(22)28/h1-9,15,24H,11-12H2,(H,25,28). The zero-order valence-electron chi connectivity index (χ0n) is 15.3. The number of hydrogen-bond donors (Lipinski definition) is 2. The quantitative estimate of drug-likeness (QED) is 0.829. The number of para-hydroxylation sites is 1. The summed E-state index contributed by atoms with van der Waals surface area (Å²) in [6, 6.07) is 18.6. The zero-order valence-corrected chi connectivity index (χ0v) is 15.3. The molecule has 1 spiro atoms. The number of carbonyl (C=O) groups excluding carboxylic acids is 2. The van der Waals surface area contributed by atoms with E-state index in [1.165, 1.54) is 0 Å². The summed E-state index contributed by atoms with van der Waals surface area (Å²) in [5.74, 6) is -2.07. The molecule has 0 fully saturated rings. The second-order valence-electron chi connectivity index (χ2n) is 7.28. The molecule has 0 aromatic heterocycles. The van der Waals surface area contributed by atoms with Gasteiger partial charge in [0.15, 0.2) is 0 Å². The Labute approximate surface area is 166 Å². The summed E-state index contributed by atoms with van der Waals surface area (Å²) in [7, 11) is 0. The highest BCUT2D eigenvalue weighted by atomic mass is 16.5. The number of nitriles is 1. The average molecular weight is 384 g/mol. The molecule has 2 N–H and O–H groups in total. The van der Waals surface area contributed by atoms with Crippen molar-refractivity contribution in [3.63, 3.8) is 0 Å². The fraction of sp³-hybridized carbons (Fsp3) is 0.182. The first-order chi connectivity index (χ1) is 14.1. The smallest absolute Gasteiger partial charge is 0.255 e. The molecule has 142 valence electrons. The first-order valence-corrected chi connectivity index (χ1v) is 9.21. The molecule has 2 amide bonds. The second-order valence-corrected chi connectivity index (χ2v) is 7.28. The molecule has 2 aromatic carbocycles. The van der Waals surface area contributed by atoms with E-state index in [1.54, 1.807) is 29.2 Å². The third-order valence-corrected chi connectivity index (χ3v) is 5.74. The fourth-order valence-electron chi connectivity index (χ4n) is 4.51. The van der Waals surface area contributed by atoms with Crippen molar-refractivity contribution >= 4 is 23.4 Å². The van der Waals surface area contributed by atoms with Crippen LogP contribution in [0.15, 0.2) is 65.9 Å². The number of anilines is 1. The van der Waals surface area contributed by atoms with Crippen LogP contribution in [0.4, 0.5) is 5.69 Å². The minimum Gasteiger partial charge on any atom is -0.444 e. The third kappa shape index (κ3) is 2.20.